The van der Waals surface area contributed by atoms with E-state index in [2.05, 4.69) is 27.0 Å². The molecule has 1 saturated heterocycles. The van der Waals surface area contributed by atoms with Gasteiger partial charge in [-0.15, -0.1) is 11.1 Å². The van der Waals surface area contributed by atoms with Crippen molar-refractivity contribution in [3.8, 4) is 0 Å². The number of aromatic nitrogens is 6. The number of nitrogens with zero attached hydrogens (tertiary/aromatic N) is 7. The van der Waals surface area contributed by atoms with Gasteiger partial charge in [0.1, 0.15) is 0 Å². The zero-order valence-corrected chi connectivity index (χ0v) is 10.3. The van der Waals surface area contributed by atoms with Gasteiger partial charge in [0.25, 0.3) is 5.78 Å². The van der Waals surface area contributed by atoms with Gasteiger partial charge in [0.05, 0.1) is 19.8 Å². The number of ether oxygens (including phenoxy) is 1. The molecule has 19 heavy (non-hydrogen) atoms. The highest BCUT2D eigenvalue weighted by molar-refractivity contribution is 5.37. The van der Waals surface area contributed by atoms with Crippen molar-refractivity contribution in [1.82, 2.24) is 29.6 Å². The number of rotatable bonds is 3. The molecule has 0 radical (unpaired) electrons. The van der Waals surface area contributed by atoms with Crippen LogP contribution < -0.4 is 10.6 Å². The first kappa shape index (κ1) is 11.8. The van der Waals surface area contributed by atoms with Gasteiger partial charge in [0, 0.05) is 13.1 Å². The van der Waals surface area contributed by atoms with Crippen molar-refractivity contribution in [2.24, 2.45) is 0 Å². The van der Waals surface area contributed by atoms with Crippen molar-refractivity contribution in [3.05, 3.63) is 23.1 Å². The average molecular weight is 263 g/mol. The Hall–Kier alpha value is -2.29. The van der Waals surface area contributed by atoms with Crippen LogP contribution in [0.3, 0.4) is 0 Å². The summed E-state index contributed by atoms with van der Waals surface area (Å²) in [6, 6.07) is 0. The number of hydrogen-bond donors (Lipinski definition) is 0. The topological polar surface area (TPSA) is 90.4 Å². The van der Waals surface area contributed by atoms with E-state index < -0.39 is 5.69 Å². The Morgan fingerprint density at radius 3 is 2.79 bits per heavy atom. The Bertz CT molecular complexity index is 655. The number of hydrogen-bond acceptors (Lipinski definition) is 7. The third-order valence-electron chi connectivity index (χ3n) is 2.83. The van der Waals surface area contributed by atoms with E-state index in [1.165, 1.54) is 4.68 Å². The van der Waals surface area contributed by atoms with Crippen LogP contribution in [0.5, 0.6) is 0 Å². The second-order valence-corrected chi connectivity index (χ2v) is 4.07. The van der Waals surface area contributed by atoms with Gasteiger partial charge in [0.15, 0.2) is 0 Å². The highest BCUT2D eigenvalue weighted by atomic mass is 16.5. The summed E-state index contributed by atoms with van der Waals surface area (Å²) in [5, 5.41) is 7.57. The standard InChI is InChI=1S/C10H13N7O2/c1-2-3-16-9-11-8(15-4-6-19-7-5-15)12-10(18)17(9)14-13-16/h2H,1,3-7H2. The van der Waals surface area contributed by atoms with E-state index in [0.717, 1.165) is 4.52 Å². The third-order valence-corrected chi connectivity index (χ3v) is 2.83. The summed E-state index contributed by atoms with van der Waals surface area (Å²) in [4.78, 5) is 22.1. The quantitative estimate of drug-likeness (QED) is 0.636. The Balaban J connectivity index is 2.08. The van der Waals surface area contributed by atoms with Crippen molar-refractivity contribution in [2.75, 3.05) is 31.2 Å². The molecule has 9 heteroatoms. The van der Waals surface area contributed by atoms with Crippen molar-refractivity contribution < 1.29 is 4.74 Å². The van der Waals surface area contributed by atoms with E-state index >= 15 is 0 Å². The van der Waals surface area contributed by atoms with E-state index in [4.69, 9.17) is 4.74 Å². The fourth-order valence-electron chi connectivity index (χ4n) is 1.90. The number of allylic oxidation sites excluding steroid dienone is 1. The molecular formula is C10H13N7O2. The molecule has 9 nitrogen and oxygen atoms in total. The van der Waals surface area contributed by atoms with Crippen LogP contribution in [0.4, 0.5) is 5.95 Å². The van der Waals surface area contributed by atoms with Crippen LogP contribution in [-0.4, -0.2) is 55.9 Å². The molecule has 3 heterocycles. The minimum Gasteiger partial charge on any atom is -0.378 e. The molecule has 3 rings (SSSR count). The van der Waals surface area contributed by atoms with Gasteiger partial charge >= 0.3 is 5.69 Å². The van der Waals surface area contributed by atoms with Crippen LogP contribution in [0.25, 0.3) is 5.78 Å². The van der Waals surface area contributed by atoms with Crippen LogP contribution in [0.15, 0.2) is 17.4 Å². The maximum Gasteiger partial charge on any atom is 0.376 e. The number of fused-ring (bicyclic) bond motifs is 1. The third kappa shape index (κ3) is 2.08. The Morgan fingerprint density at radius 2 is 2.05 bits per heavy atom. The second-order valence-electron chi connectivity index (χ2n) is 4.07. The molecule has 1 aliphatic heterocycles. The lowest BCUT2D eigenvalue weighted by Crippen LogP contribution is -2.39. The van der Waals surface area contributed by atoms with Gasteiger partial charge in [-0.05, 0) is 10.4 Å². The zero-order chi connectivity index (χ0) is 13.2. The molecule has 0 spiro atoms. The van der Waals surface area contributed by atoms with Crippen LogP contribution in [0.1, 0.15) is 0 Å². The molecule has 0 saturated carbocycles. The number of anilines is 1. The van der Waals surface area contributed by atoms with E-state index in [-0.39, 0.29) is 0 Å². The second kappa shape index (κ2) is 4.76. The lowest BCUT2D eigenvalue weighted by Gasteiger charge is -2.26. The maximum absolute atomic E-state index is 11.9. The van der Waals surface area contributed by atoms with Crippen LogP contribution in [-0.2, 0) is 11.3 Å². The molecule has 2 aromatic rings. The first-order chi connectivity index (χ1) is 9.29. The Morgan fingerprint density at radius 1 is 1.26 bits per heavy atom. The molecule has 0 aliphatic carbocycles. The predicted octanol–water partition coefficient (Wildman–Crippen LogP) is -1.30. The molecule has 0 unspecified atom stereocenters. The summed E-state index contributed by atoms with van der Waals surface area (Å²) in [6.45, 7) is 6.60. The fourth-order valence-corrected chi connectivity index (χ4v) is 1.90. The predicted molar refractivity (Wildman–Crippen MR) is 66.1 cm³/mol. The molecule has 2 aromatic heterocycles. The molecule has 0 amide bonds. The fraction of sp³-hybridized carbons (Fsp3) is 0.500. The molecule has 0 bridgehead atoms. The highest BCUT2D eigenvalue weighted by Gasteiger charge is 2.17. The first-order valence-electron chi connectivity index (χ1n) is 5.94. The van der Waals surface area contributed by atoms with E-state index in [9.17, 15) is 4.79 Å². The summed E-state index contributed by atoms with van der Waals surface area (Å²) >= 11 is 0. The van der Waals surface area contributed by atoms with Crippen molar-refractivity contribution in [2.45, 2.75) is 6.54 Å². The van der Waals surface area contributed by atoms with Crippen molar-refractivity contribution >= 4 is 11.7 Å². The maximum atomic E-state index is 11.9. The summed E-state index contributed by atoms with van der Waals surface area (Å²) in [7, 11) is 0. The zero-order valence-electron chi connectivity index (χ0n) is 10.3. The SMILES string of the molecule is C=CCn1nnn2c(=O)nc(N3CCOCC3)nc12. The lowest BCUT2D eigenvalue weighted by molar-refractivity contribution is 0.122. The van der Waals surface area contributed by atoms with Gasteiger partial charge in [-0.3, -0.25) is 0 Å². The summed E-state index contributed by atoms with van der Waals surface area (Å²) < 4.78 is 7.84. The average Bonchev–Trinajstić information content (AvgIpc) is 2.84. The molecule has 0 aromatic carbocycles. The van der Waals surface area contributed by atoms with Crippen LogP contribution >= 0.6 is 0 Å². The van der Waals surface area contributed by atoms with Gasteiger partial charge in [-0.1, -0.05) is 6.08 Å². The largest absolute Gasteiger partial charge is 0.378 e. The first-order valence-corrected chi connectivity index (χ1v) is 5.94. The van der Waals surface area contributed by atoms with E-state index in [1.807, 2.05) is 4.90 Å². The Labute approximate surface area is 108 Å². The van der Waals surface area contributed by atoms with Gasteiger partial charge in [-0.25, -0.2) is 9.48 Å². The van der Waals surface area contributed by atoms with Crippen molar-refractivity contribution in [3.63, 3.8) is 0 Å². The highest BCUT2D eigenvalue weighted by Crippen LogP contribution is 2.08. The van der Waals surface area contributed by atoms with Gasteiger partial charge in [0.2, 0.25) is 5.95 Å². The smallest absolute Gasteiger partial charge is 0.376 e. The van der Waals surface area contributed by atoms with E-state index in [0.29, 0.717) is 44.6 Å². The van der Waals surface area contributed by atoms with E-state index in [1.54, 1.807) is 6.08 Å². The summed E-state index contributed by atoms with van der Waals surface area (Å²) in [6.07, 6.45) is 1.66. The summed E-state index contributed by atoms with van der Waals surface area (Å²) in [5.74, 6) is 0.752. The molecule has 0 atom stereocenters. The minimum atomic E-state index is -0.484. The molecular weight excluding hydrogens is 250 g/mol. The van der Waals surface area contributed by atoms with Crippen LogP contribution in [0, 0.1) is 0 Å². The summed E-state index contributed by atoms with van der Waals surface area (Å²) in [5.41, 5.74) is -0.484. The number of tetrazole rings is 1. The molecule has 0 N–H and O–H groups in total. The van der Waals surface area contributed by atoms with Gasteiger partial charge in [-0.2, -0.15) is 9.97 Å². The Kier molecular flexibility index (Phi) is 2.95. The molecule has 1 aliphatic rings. The lowest BCUT2D eigenvalue weighted by atomic mass is 10.4. The number of morpholine rings is 1. The normalized spacial score (nSPS) is 15.9. The minimum absolute atomic E-state index is 0.362. The molecule has 1 fully saturated rings. The monoisotopic (exact) mass is 263 g/mol. The van der Waals surface area contributed by atoms with Crippen LogP contribution in [0.2, 0.25) is 0 Å². The molecule has 100 valence electrons. The van der Waals surface area contributed by atoms with Gasteiger partial charge < -0.3 is 9.64 Å². The van der Waals surface area contributed by atoms with Crippen molar-refractivity contribution in [1.29, 1.82) is 0 Å².